The number of rotatable bonds is 8. The summed E-state index contributed by atoms with van der Waals surface area (Å²) in [4.78, 5) is 5.35. The van der Waals surface area contributed by atoms with Crippen molar-refractivity contribution in [3.8, 4) is 66.8 Å². The molecule has 0 fully saturated rings. The molecular formula is C80H57BN2. The van der Waals surface area contributed by atoms with E-state index in [1.54, 1.807) is 0 Å². The topological polar surface area (TPSA) is 6.48 Å². The van der Waals surface area contributed by atoms with E-state index in [9.17, 15) is 0 Å². The Labute approximate surface area is 486 Å². The highest BCUT2D eigenvalue weighted by atomic mass is 15.2. The zero-order chi connectivity index (χ0) is 55.3. The predicted molar refractivity (Wildman–Crippen MR) is 355 cm³/mol. The van der Waals surface area contributed by atoms with Crippen molar-refractivity contribution in [2.45, 2.75) is 26.2 Å². The Hall–Kier alpha value is -10.2. The van der Waals surface area contributed by atoms with Gasteiger partial charge in [0.05, 0.1) is 11.4 Å². The van der Waals surface area contributed by atoms with Crippen molar-refractivity contribution >= 4 is 89.5 Å². The molecule has 0 radical (unpaired) electrons. The first kappa shape index (κ1) is 48.7. The lowest BCUT2D eigenvalue weighted by Gasteiger charge is -2.46. The van der Waals surface area contributed by atoms with E-state index < -0.39 is 0 Å². The Kier molecular flexibility index (Phi) is 11.3. The normalized spacial score (nSPS) is 12.7. The molecule has 2 nitrogen and oxygen atoms in total. The summed E-state index contributed by atoms with van der Waals surface area (Å²) >= 11 is 0. The van der Waals surface area contributed by atoms with Gasteiger partial charge in [-0.25, -0.2) is 0 Å². The van der Waals surface area contributed by atoms with Crippen LogP contribution in [0.5, 0.6) is 0 Å². The average Bonchev–Trinajstić information content (AvgIpc) is 1.18. The van der Waals surface area contributed by atoms with E-state index in [1.165, 1.54) is 133 Å². The first-order chi connectivity index (χ1) is 40.8. The molecule has 0 bridgehead atoms. The Morgan fingerprint density at radius 1 is 0.277 bits per heavy atom. The Morgan fingerprint density at radius 3 is 1.22 bits per heavy atom. The first-order valence-electron chi connectivity index (χ1n) is 29.1. The maximum absolute atomic E-state index is 2.69. The summed E-state index contributed by atoms with van der Waals surface area (Å²) in [7, 11) is 0. The van der Waals surface area contributed by atoms with E-state index in [1.807, 2.05) is 0 Å². The van der Waals surface area contributed by atoms with Crippen molar-refractivity contribution in [3.63, 3.8) is 0 Å². The minimum absolute atomic E-state index is 0.154. The zero-order valence-electron chi connectivity index (χ0n) is 46.7. The number of hydrogen-bond acceptors (Lipinski definition) is 2. The monoisotopic (exact) mass is 1060 g/mol. The van der Waals surface area contributed by atoms with Crippen LogP contribution in [0.25, 0.3) is 99.1 Å². The SMILES string of the molecule is CC(C)(C)c1cc2c3c(c1)N(c1c(-c4ccccc4)cccc1-c1ccccc1)c1cc(-c4ccc5ccc6cccc7ccc4c5c67)ccc1B3c1cc(-c3ccccc3)ccc1N2c1c(-c2ccccc2)cccc1-c1ccccc1. The second-order valence-corrected chi connectivity index (χ2v) is 23.5. The molecule has 0 aromatic heterocycles. The second-order valence-electron chi connectivity index (χ2n) is 23.5. The molecule has 83 heavy (non-hydrogen) atoms. The Bertz CT molecular complexity index is 4690. The molecule has 16 rings (SSSR count). The van der Waals surface area contributed by atoms with Gasteiger partial charge in [0.15, 0.2) is 0 Å². The van der Waals surface area contributed by atoms with Crippen LogP contribution in [0.2, 0.25) is 0 Å². The molecule has 0 atom stereocenters. The molecular weight excluding hydrogens is 1000 g/mol. The summed E-state index contributed by atoms with van der Waals surface area (Å²) in [5.74, 6) is 0. The van der Waals surface area contributed by atoms with Crippen molar-refractivity contribution in [3.05, 3.63) is 297 Å². The molecule has 0 spiro atoms. The second kappa shape index (κ2) is 19.2. The number of nitrogens with zero attached hydrogens (tertiary/aromatic N) is 2. The van der Waals surface area contributed by atoms with Crippen LogP contribution >= 0.6 is 0 Å². The molecule has 14 aromatic carbocycles. The van der Waals surface area contributed by atoms with Crippen molar-refractivity contribution in [1.82, 2.24) is 0 Å². The molecule has 2 aliphatic rings. The minimum atomic E-state index is -0.248. The molecule has 0 aliphatic carbocycles. The van der Waals surface area contributed by atoms with Gasteiger partial charge >= 0.3 is 0 Å². The molecule has 390 valence electrons. The van der Waals surface area contributed by atoms with Crippen molar-refractivity contribution in [1.29, 1.82) is 0 Å². The lowest BCUT2D eigenvalue weighted by atomic mass is 9.33. The molecule has 3 heteroatoms. The molecule has 0 unspecified atom stereocenters. The van der Waals surface area contributed by atoms with Gasteiger partial charge in [0.2, 0.25) is 0 Å². The van der Waals surface area contributed by atoms with Crippen LogP contribution in [0.15, 0.2) is 291 Å². The van der Waals surface area contributed by atoms with Crippen molar-refractivity contribution in [2.75, 3.05) is 9.80 Å². The Balaban J connectivity index is 1.07. The maximum atomic E-state index is 2.69. The summed E-state index contributed by atoms with van der Waals surface area (Å²) in [6.45, 7) is 6.97. The summed E-state index contributed by atoms with van der Waals surface area (Å²) in [5.41, 5.74) is 25.9. The third-order valence-electron chi connectivity index (χ3n) is 17.7. The molecule has 0 saturated heterocycles. The fraction of sp³-hybridized carbons (Fsp3) is 0.0500. The van der Waals surface area contributed by atoms with E-state index >= 15 is 0 Å². The third kappa shape index (κ3) is 7.87. The van der Waals surface area contributed by atoms with Gasteiger partial charge in [-0.15, -0.1) is 0 Å². The van der Waals surface area contributed by atoms with Gasteiger partial charge in [-0.3, -0.25) is 0 Å². The van der Waals surface area contributed by atoms with Gasteiger partial charge in [-0.1, -0.05) is 288 Å². The largest absolute Gasteiger partial charge is 0.310 e. The summed E-state index contributed by atoms with van der Waals surface area (Å²) in [6, 6.07) is 109. The standard InChI is InChI=1S/C80H57BN2/c1-80(2,3)62-50-73-77-74(51-62)83(79-66(55-28-15-7-16-29-55)36-21-37-67(79)56-30-17-8-18-31-56)72-49-61(63-44-40-59-39-38-57-32-19-33-58-41-45-68(63)76(59)75(57)58)42-46-69(72)81(77)70-48-60(52-22-9-4-10-23-52)43-47-71(70)82(73)78-64(53-24-11-5-12-25-53)34-20-35-65(78)54-26-13-6-14-27-54/h4-51H,1-3H3. The van der Waals surface area contributed by atoms with E-state index in [2.05, 4.69) is 322 Å². The zero-order valence-corrected chi connectivity index (χ0v) is 46.7. The lowest BCUT2D eigenvalue weighted by Crippen LogP contribution is -2.61. The van der Waals surface area contributed by atoms with Gasteiger partial charge in [0, 0.05) is 45.0 Å². The highest BCUT2D eigenvalue weighted by Crippen LogP contribution is 2.54. The van der Waals surface area contributed by atoms with Crippen LogP contribution in [0.3, 0.4) is 0 Å². The van der Waals surface area contributed by atoms with Crippen LogP contribution in [-0.4, -0.2) is 6.71 Å². The van der Waals surface area contributed by atoms with Gasteiger partial charge < -0.3 is 9.80 Å². The average molecular weight is 1060 g/mol. The Morgan fingerprint density at radius 2 is 0.711 bits per heavy atom. The molecule has 2 aliphatic heterocycles. The van der Waals surface area contributed by atoms with Crippen LogP contribution in [-0.2, 0) is 5.41 Å². The third-order valence-corrected chi connectivity index (χ3v) is 17.7. The van der Waals surface area contributed by atoms with Crippen LogP contribution in [0.1, 0.15) is 26.3 Å². The molecule has 2 heterocycles. The predicted octanol–water partition coefficient (Wildman–Crippen LogP) is 20.0. The molecule has 0 amide bonds. The summed E-state index contributed by atoms with van der Waals surface area (Å²) < 4.78 is 0. The van der Waals surface area contributed by atoms with Gasteiger partial charge in [0.1, 0.15) is 0 Å². The smallest absolute Gasteiger partial charge is 0.252 e. The number of fused-ring (bicyclic) bond motifs is 4. The maximum Gasteiger partial charge on any atom is 0.252 e. The first-order valence-corrected chi connectivity index (χ1v) is 29.1. The van der Waals surface area contributed by atoms with Crippen LogP contribution < -0.4 is 26.2 Å². The van der Waals surface area contributed by atoms with Crippen molar-refractivity contribution < 1.29 is 0 Å². The number of anilines is 6. The van der Waals surface area contributed by atoms with Crippen LogP contribution in [0.4, 0.5) is 34.1 Å². The molecule has 0 saturated carbocycles. The molecule has 14 aromatic rings. The van der Waals surface area contributed by atoms with Crippen molar-refractivity contribution in [2.24, 2.45) is 0 Å². The lowest BCUT2D eigenvalue weighted by molar-refractivity contribution is 0.590. The fourth-order valence-corrected chi connectivity index (χ4v) is 13.8. The highest BCUT2D eigenvalue weighted by molar-refractivity contribution is 7.00. The van der Waals surface area contributed by atoms with E-state index in [4.69, 9.17) is 0 Å². The number of hydrogen-bond donors (Lipinski definition) is 0. The van der Waals surface area contributed by atoms with E-state index in [-0.39, 0.29) is 12.1 Å². The number of benzene rings is 14. The number of para-hydroxylation sites is 2. The fourth-order valence-electron chi connectivity index (χ4n) is 13.8. The van der Waals surface area contributed by atoms with E-state index in [0.29, 0.717) is 0 Å². The molecule has 0 N–H and O–H groups in total. The summed E-state index contributed by atoms with van der Waals surface area (Å²) in [5, 5.41) is 7.70. The van der Waals surface area contributed by atoms with Gasteiger partial charge in [-0.05, 0) is 128 Å². The quantitative estimate of drug-likeness (QED) is 0.111. The van der Waals surface area contributed by atoms with Crippen LogP contribution in [0, 0.1) is 0 Å². The van der Waals surface area contributed by atoms with Gasteiger partial charge in [0.25, 0.3) is 6.71 Å². The summed E-state index contributed by atoms with van der Waals surface area (Å²) in [6.07, 6.45) is 0. The van der Waals surface area contributed by atoms with Gasteiger partial charge in [-0.2, -0.15) is 0 Å². The highest BCUT2D eigenvalue weighted by Gasteiger charge is 2.46. The minimum Gasteiger partial charge on any atom is -0.310 e. The van der Waals surface area contributed by atoms with E-state index in [0.717, 1.165) is 22.5 Å².